The molecular weight excluding hydrogens is 434 g/mol. The zero-order valence-electron chi connectivity index (χ0n) is 18.5. The molecule has 12 nitrogen and oxygen atoms in total. The minimum Gasteiger partial charge on any atom is -0.480 e. The standard InChI is InChI=1S/C21H31N5O7/c1-11(22)18(29)25-15(10-13-6-4-3-5-7-13)20(31)24-14(8-9-16(23)28)19(30)26-17(12(2)27)21(32)33/h3-7,11-12,14-15,17,27H,8-10,22H2,1-2H3,(H2,23,28)(H,24,31)(H,25,29)(H,26,30)(H,32,33). The van der Waals surface area contributed by atoms with Crippen molar-refractivity contribution in [3.63, 3.8) is 0 Å². The molecule has 0 bridgehead atoms. The Morgan fingerprint density at radius 1 is 0.909 bits per heavy atom. The normalized spacial score (nSPS) is 15.3. The third kappa shape index (κ3) is 9.66. The van der Waals surface area contributed by atoms with Crippen LogP contribution in [0, 0.1) is 0 Å². The zero-order chi connectivity index (χ0) is 25.1. The van der Waals surface area contributed by atoms with Gasteiger partial charge < -0.3 is 37.6 Å². The van der Waals surface area contributed by atoms with Gasteiger partial charge in [-0.25, -0.2) is 4.79 Å². The number of hydrogen-bond acceptors (Lipinski definition) is 7. The highest BCUT2D eigenvalue weighted by molar-refractivity contribution is 5.94. The lowest BCUT2D eigenvalue weighted by Crippen LogP contribution is -2.58. The molecule has 1 aromatic carbocycles. The molecule has 0 radical (unpaired) electrons. The van der Waals surface area contributed by atoms with Crippen LogP contribution in [-0.4, -0.2) is 70.1 Å². The molecule has 1 aromatic rings. The van der Waals surface area contributed by atoms with Crippen molar-refractivity contribution in [3.05, 3.63) is 35.9 Å². The third-order valence-corrected chi connectivity index (χ3v) is 4.69. The highest BCUT2D eigenvalue weighted by Gasteiger charge is 2.31. The lowest BCUT2D eigenvalue weighted by atomic mass is 10.0. The summed E-state index contributed by atoms with van der Waals surface area (Å²) in [5, 5.41) is 25.9. The first kappa shape index (κ1) is 27.5. The van der Waals surface area contributed by atoms with Crippen LogP contribution in [0.5, 0.6) is 0 Å². The molecule has 0 heterocycles. The predicted molar refractivity (Wildman–Crippen MR) is 117 cm³/mol. The van der Waals surface area contributed by atoms with E-state index in [1.165, 1.54) is 13.8 Å². The average molecular weight is 466 g/mol. The van der Waals surface area contributed by atoms with E-state index in [9.17, 15) is 34.2 Å². The SMILES string of the molecule is CC(N)C(=O)NC(Cc1ccccc1)C(=O)NC(CCC(N)=O)C(=O)NC(C(=O)O)C(C)O. The van der Waals surface area contributed by atoms with Gasteiger partial charge in [0.25, 0.3) is 0 Å². The molecule has 182 valence electrons. The summed E-state index contributed by atoms with van der Waals surface area (Å²) >= 11 is 0. The van der Waals surface area contributed by atoms with Crippen LogP contribution >= 0.6 is 0 Å². The Labute approximate surface area is 191 Å². The summed E-state index contributed by atoms with van der Waals surface area (Å²) in [5.41, 5.74) is 11.4. The van der Waals surface area contributed by atoms with E-state index in [0.29, 0.717) is 0 Å². The van der Waals surface area contributed by atoms with Gasteiger partial charge in [-0.1, -0.05) is 30.3 Å². The van der Waals surface area contributed by atoms with Crippen molar-refractivity contribution in [2.24, 2.45) is 11.5 Å². The molecule has 33 heavy (non-hydrogen) atoms. The zero-order valence-corrected chi connectivity index (χ0v) is 18.5. The van der Waals surface area contributed by atoms with Crippen LogP contribution in [0.15, 0.2) is 30.3 Å². The third-order valence-electron chi connectivity index (χ3n) is 4.69. The van der Waals surface area contributed by atoms with Gasteiger partial charge in [-0.05, 0) is 25.8 Å². The number of carboxylic acid groups (broad SMARTS) is 1. The van der Waals surface area contributed by atoms with Crippen LogP contribution in [0.25, 0.3) is 0 Å². The summed E-state index contributed by atoms with van der Waals surface area (Å²) in [6, 6.07) is 3.79. The molecule has 12 heteroatoms. The molecular formula is C21H31N5O7. The van der Waals surface area contributed by atoms with E-state index < -0.39 is 59.9 Å². The smallest absolute Gasteiger partial charge is 0.328 e. The number of carbonyl (C=O) groups excluding carboxylic acids is 4. The molecule has 9 N–H and O–H groups in total. The Hall–Kier alpha value is -3.51. The van der Waals surface area contributed by atoms with Gasteiger partial charge in [0.1, 0.15) is 12.1 Å². The van der Waals surface area contributed by atoms with Gasteiger partial charge in [-0.3, -0.25) is 19.2 Å². The first-order valence-corrected chi connectivity index (χ1v) is 10.3. The Morgan fingerprint density at radius 2 is 1.45 bits per heavy atom. The first-order chi connectivity index (χ1) is 15.4. The van der Waals surface area contributed by atoms with E-state index in [0.717, 1.165) is 5.56 Å². The topological polar surface area (TPSA) is 214 Å². The van der Waals surface area contributed by atoms with E-state index in [4.69, 9.17) is 11.5 Å². The van der Waals surface area contributed by atoms with Gasteiger partial charge >= 0.3 is 5.97 Å². The molecule has 1 rings (SSSR count). The fourth-order valence-corrected chi connectivity index (χ4v) is 2.83. The number of aliphatic hydroxyl groups excluding tert-OH is 1. The van der Waals surface area contributed by atoms with E-state index in [2.05, 4.69) is 16.0 Å². The summed E-state index contributed by atoms with van der Waals surface area (Å²) in [6.07, 6.45) is -1.84. The lowest BCUT2D eigenvalue weighted by Gasteiger charge is -2.25. The molecule has 0 fully saturated rings. The molecule has 4 amide bonds. The van der Waals surface area contributed by atoms with Crippen molar-refractivity contribution >= 4 is 29.6 Å². The number of rotatable bonds is 13. The van der Waals surface area contributed by atoms with E-state index in [1.807, 2.05) is 0 Å². The number of hydrogen-bond donors (Lipinski definition) is 7. The van der Waals surface area contributed by atoms with Gasteiger partial charge in [0.15, 0.2) is 6.04 Å². The molecule has 0 spiro atoms. The van der Waals surface area contributed by atoms with Crippen LogP contribution < -0.4 is 27.4 Å². The minimum atomic E-state index is -1.64. The summed E-state index contributed by atoms with van der Waals surface area (Å²) in [4.78, 5) is 60.3. The molecule has 0 aliphatic carbocycles. The second-order valence-electron chi connectivity index (χ2n) is 7.67. The molecule has 0 aromatic heterocycles. The van der Waals surface area contributed by atoms with Gasteiger partial charge in [0.2, 0.25) is 23.6 Å². The maximum absolute atomic E-state index is 13.0. The molecule has 0 aliphatic heterocycles. The van der Waals surface area contributed by atoms with Gasteiger partial charge in [0, 0.05) is 12.8 Å². The minimum absolute atomic E-state index is 0.0840. The van der Waals surface area contributed by atoms with Crippen molar-refractivity contribution in [2.75, 3.05) is 0 Å². The van der Waals surface area contributed by atoms with Crippen LogP contribution in [0.2, 0.25) is 0 Å². The van der Waals surface area contributed by atoms with Crippen molar-refractivity contribution in [1.82, 2.24) is 16.0 Å². The van der Waals surface area contributed by atoms with Gasteiger partial charge in [0.05, 0.1) is 12.1 Å². The Morgan fingerprint density at radius 3 is 1.94 bits per heavy atom. The number of primary amides is 1. The predicted octanol–water partition coefficient (Wildman–Crippen LogP) is -2.24. The maximum Gasteiger partial charge on any atom is 0.328 e. The summed E-state index contributed by atoms with van der Waals surface area (Å²) in [7, 11) is 0. The number of nitrogens with one attached hydrogen (secondary N) is 3. The Bertz CT molecular complexity index is 845. The number of amides is 4. The van der Waals surface area contributed by atoms with Crippen LogP contribution in [0.4, 0.5) is 0 Å². The van der Waals surface area contributed by atoms with Crippen LogP contribution in [-0.2, 0) is 30.4 Å². The van der Waals surface area contributed by atoms with Gasteiger partial charge in [-0.15, -0.1) is 0 Å². The first-order valence-electron chi connectivity index (χ1n) is 10.3. The monoisotopic (exact) mass is 465 g/mol. The van der Waals surface area contributed by atoms with E-state index in [-0.39, 0.29) is 19.3 Å². The van der Waals surface area contributed by atoms with E-state index in [1.54, 1.807) is 30.3 Å². The summed E-state index contributed by atoms with van der Waals surface area (Å²) in [6.45, 7) is 2.62. The molecule has 0 saturated carbocycles. The number of aliphatic hydroxyl groups is 1. The quantitative estimate of drug-likeness (QED) is 0.169. The second-order valence-corrected chi connectivity index (χ2v) is 7.67. The van der Waals surface area contributed by atoms with Crippen LogP contribution in [0.1, 0.15) is 32.3 Å². The fraction of sp³-hybridized carbons (Fsp3) is 0.476. The van der Waals surface area contributed by atoms with Crippen molar-refractivity contribution in [1.29, 1.82) is 0 Å². The van der Waals surface area contributed by atoms with Crippen molar-refractivity contribution in [3.8, 4) is 0 Å². The van der Waals surface area contributed by atoms with Crippen LogP contribution in [0.3, 0.4) is 0 Å². The van der Waals surface area contributed by atoms with Crippen molar-refractivity contribution in [2.45, 2.75) is 63.4 Å². The number of aliphatic carboxylic acids is 1. The molecule has 0 saturated heterocycles. The highest BCUT2D eigenvalue weighted by atomic mass is 16.4. The van der Waals surface area contributed by atoms with E-state index >= 15 is 0 Å². The number of nitrogens with two attached hydrogens (primary N) is 2. The molecule has 5 unspecified atom stereocenters. The highest BCUT2D eigenvalue weighted by Crippen LogP contribution is 2.06. The summed E-state index contributed by atoms with van der Waals surface area (Å²) in [5.74, 6) is -4.50. The average Bonchev–Trinajstić information content (AvgIpc) is 2.73. The Balaban J connectivity index is 3.08. The largest absolute Gasteiger partial charge is 0.480 e. The molecule has 5 atom stereocenters. The number of carbonyl (C=O) groups is 5. The van der Waals surface area contributed by atoms with Gasteiger partial charge in [-0.2, -0.15) is 0 Å². The second kappa shape index (κ2) is 13.1. The fourth-order valence-electron chi connectivity index (χ4n) is 2.83. The molecule has 0 aliphatic rings. The summed E-state index contributed by atoms with van der Waals surface area (Å²) < 4.78 is 0. The maximum atomic E-state index is 13.0. The lowest BCUT2D eigenvalue weighted by molar-refractivity contribution is -0.145. The Kier molecular flexibility index (Phi) is 11.0. The number of benzene rings is 1. The number of carboxylic acids is 1. The van der Waals surface area contributed by atoms with Crippen molar-refractivity contribution < 1.29 is 34.2 Å².